The van der Waals surface area contributed by atoms with Gasteiger partial charge in [0.05, 0.1) is 5.69 Å². The zero-order chi connectivity index (χ0) is 12.4. The zero-order valence-electron chi connectivity index (χ0n) is 9.10. The Bertz CT molecular complexity index is 475. The van der Waals surface area contributed by atoms with Crippen molar-refractivity contribution in [1.29, 1.82) is 0 Å². The molecule has 1 aliphatic rings. The molecule has 1 aromatic carbocycles. The number of amides is 1. The molecule has 0 radical (unpaired) electrons. The summed E-state index contributed by atoms with van der Waals surface area (Å²) in [5, 5.41) is 11.0. The van der Waals surface area contributed by atoms with E-state index in [1.165, 1.54) is 11.8 Å². The van der Waals surface area contributed by atoms with Gasteiger partial charge in [0, 0.05) is 4.90 Å². The first-order chi connectivity index (χ1) is 8.06. The zero-order valence-corrected chi connectivity index (χ0v) is 9.91. The number of carbonyl (C=O) groups is 2. The van der Waals surface area contributed by atoms with E-state index < -0.39 is 11.2 Å². The van der Waals surface area contributed by atoms with E-state index in [1.807, 2.05) is 0 Å². The van der Waals surface area contributed by atoms with Gasteiger partial charge in [0.1, 0.15) is 11.0 Å². The van der Waals surface area contributed by atoms with Crippen LogP contribution in [0.2, 0.25) is 0 Å². The molecule has 1 unspecified atom stereocenters. The van der Waals surface area contributed by atoms with Gasteiger partial charge in [0.25, 0.3) is 5.91 Å². The highest BCUT2D eigenvalue weighted by Gasteiger charge is 2.18. The van der Waals surface area contributed by atoms with Gasteiger partial charge in [-0.3, -0.25) is 9.59 Å². The highest BCUT2D eigenvalue weighted by molar-refractivity contribution is 8.00. The molecule has 2 rings (SSSR count). The highest BCUT2D eigenvalue weighted by Crippen LogP contribution is 2.33. The van der Waals surface area contributed by atoms with Gasteiger partial charge in [0.15, 0.2) is 6.61 Å². The van der Waals surface area contributed by atoms with Crippen LogP contribution in [0.5, 0.6) is 5.75 Å². The Labute approximate surface area is 102 Å². The third-order valence-corrected chi connectivity index (χ3v) is 3.33. The first-order valence-electron chi connectivity index (χ1n) is 5.02. The Hall–Kier alpha value is -1.69. The summed E-state index contributed by atoms with van der Waals surface area (Å²) in [6.45, 7) is 1.63. The normalized spacial score (nSPS) is 15.5. The molecule has 0 fully saturated rings. The highest BCUT2D eigenvalue weighted by atomic mass is 32.2. The number of carboxylic acid groups (broad SMARTS) is 1. The first kappa shape index (κ1) is 11.8. The van der Waals surface area contributed by atoms with Crippen molar-refractivity contribution in [2.75, 3.05) is 11.9 Å². The maximum Gasteiger partial charge on any atom is 0.316 e. The topological polar surface area (TPSA) is 75.6 Å². The largest absolute Gasteiger partial charge is 0.482 e. The Morgan fingerprint density at radius 3 is 3.06 bits per heavy atom. The molecule has 90 valence electrons. The number of hydrogen-bond donors (Lipinski definition) is 2. The molecule has 0 saturated carbocycles. The summed E-state index contributed by atoms with van der Waals surface area (Å²) >= 11 is 1.22. The number of benzene rings is 1. The summed E-state index contributed by atoms with van der Waals surface area (Å²) in [5.41, 5.74) is 0.587. The summed E-state index contributed by atoms with van der Waals surface area (Å²) in [7, 11) is 0. The Morgan fingerprint density at radius 1 is 1.59 bits per heavy atom. The number of carboxylic acids is 1. The standard InChI is InChI=1S/C11H11NO4S/c1-6(11(14)15)17-7-2-3-9-8(4-7)12-10(13)5-16-9/h2-4,6H,5H2,1H3,(H,12,13)(H,14,15). The quantitative estimate of drug-likeness (QED) is 0.800. The number of aliphatic carboxylic acids is 1. The second-order valence-electron chi connectivity index (χ2n) is 3.59. The van der Waals surface area contributed by atoms with Crippen molar-refractivity contribution in [2.45, 2.75) is 17.1 Å². The minimum atomic E-state index is -0.868. The second kappa shape index (κ2) is 4.67. The molecule has 0 bridgehead atoms. The average molecular weight is 253 g/mol. The lowest BCUT2D eigenvalue weighted by molar-refractivity contribution is -0.136. The number of fused-ring (bicyclic) bond motifs is 1. The number of carbonyl (C=O) groups excluding carboxylic acids is 1. The maximum absolute atomic E-state index is 11.1. The molecule has 0 spiro atoms. The number of anilines is 1. The van der Waals surface area contributed by atoms with Gasteiger partial charge in [-0.2, -0.15) is 0 Å². The van der Waals surface area contributed by atoms with Gasteiger partial charge in [-0.25, -0.2) is 0 Å². The van der Waals surface area contributed by atoms with Crippen LogP contribution in [0, 0.1) is 0 Å². The van der Waals surface area contributed by atoms with Crippen LogP contribution in [-0.2, 0) is 9.59 Å². The summed E-state index contributed by atoms with van der Waals surface area (Å²) < 4.78 is 5.21. The van der Waals surface area contributed by atoms with Crippen LogP contribution >= 0.6 is 11.8 Å². The monoisotopic (exact) mass is 253 g/mol. The molecular formula is C11H11NO4S. The molecule has 5 nitrogen and oxygen atoms in total. The van der Waals surface area contributed by atoms with E-state index in [0.717, 1.165) is 4.90 Å². The number of rotatable bonds is 3. The fourth-order valence-corrected chi connectivity index (χ4v) is 2.23. The van der Waals surface area contributed by atoms with Gasteiger partial charge in [-0.05, 0) is 25.1 Å². The number of ether oxygens (including phenoxy) is 1. The van der Waals surface area contributed by atoms with Gasteiger partial charge in [-0.1, -0.05) is 0 Å². The summed E-state index contributed by atoms with van der Waals surface area (Å²) in [5.74, 6) is -0.462. The third-order valence-electron chi connectivity index (χ3n) is 2.24. The maximum atomic E-state index is 11.1. The lowest BCUT2D eigenvalue weighted by Crippen LogP contribution is -2.25. The van der Waals surface area contributed by atoms with Gasteiger partial charge in [-0.15, -0.1) is 11.8 Å². The van der Waals surface area contributed by atoms with Crippen LogP contribution in [0.25, 0.3) is 0 Å². The van der Waals surface area contributed by atoms with E-state index >= 15 is 0 Å². The average Bonchev–Trinajstić information content (AvgIpc) is 2.28. The molecule has 6 heteroatoms. The summed E-state index contributed by atoms with van der Waals surface area (Å²) in [6, 6.07) is 5.22. The van der Waals surface area contributed by atoms with Crippen LogP contribution in [0.3, 0.4) is 0 Å². The fraction of sp³-hybridized carbons (Fsp3) is 0.273. The molecule has 1 atom stereocenters. The van der Waals surface area contributed by atoms with Crippen LogP contribution in [-0.4, -0.2) is 28.8 Å². The predicted molar refractivity (Wildman–Crippen MR) is 63.5 cm³/mol. The lowest BCUT2D eigenvalue weighted by Gasteiger charge is -2.18. The van der Waals surface area contributed by atoms with E-state index in [-0.39, 0.29) is 12.5 Å². The molecular weight excluding hydrogens is 242 g/mol. The predicted octanol–water partition coefficient (Wildman–Crippen LogP) is 1.58. The van der Waals surface area contributed by atoms with Crippen LogP contribution in [0.1, 0.15) is 6.92 Å². The van der Waals surface area contributed by atoms with E-state index in [2.05, 4.69) is 5.32 Å². The lowest BCUT2D eigenvalue weighted by atomic mass is 10.2. The van der Waals surface area contributed by atoms with Crippen LogP contribution in [0.15, 0.2) is 23.1 Å². The summed E-state index contributed by atoms with van der Waals surface area (Å²) in [6.07, 6.45) is 0. The second-order valence-corrected chi connectivity index (χ2v) is 5.01. The van der Waals surface area contributed by atoms with Crippen molar-refractivity contribution in [2.24, 2.45) is 0 Å². The van der Waals surface area contributed by atoms with Gasteiger partial charge < -0.3 is 15.2 Å². The minimum Gasteiger partial charge on any atom is -0.482 e. The smallest absolute Gasteiger partial charge is 0.316 e. The van der Waals surface area contributed by atoms with Crippen LogP contribution < -0.4 is 10.1 Å². The molecule has 0 aromatic heterocycles. The molecule has 1 heterocycles. The van der Waals surface area contributed by atoms with Crippen molar-refractivity contribution in [3.8, 4) is 5.75 Å². The first-order valence-corrected chi connectivity index (χ1v) is 5.90. The van der Waals surface area contributed by atoms with Crippen LogP contribution in [0.4, 0.5) is 5.69 Å². The molecule has 1 aromatic rings. The Morgan fingerprint density at radius 2 is 2.35 bits per heavy atom. The van der Waals surface area contributed by atoms with Crippen molar-refractivity contribution < 1.29 is 19.4 Å². The molecule has 1 aliphatic heterocycles. The van der Waals surface area contributed by atoms with Crippen molar-refractivity contribution in [3.05, 3.63) is 18.2 Å². The number of hydrogen-bond acceptors (Lipinski definition) is 4. The Balaban J connectivity index is 2.18. The van der Waals surface area contributed by atoms with Crippen molar-refractivity contribution in [3.63, 3.8) is 0 Å². The van der Waals surface area contributed by atoms with Gasteiger partial charge in [0.2, 0.25) is 0 Å². The fourth-order valence-electron chi connectivity index (χ4n) is 1.39. The molecule has 0 aliphatic carbocycles. The van der Waals surface area contributed by atoms with Crippen molar-refractivity contribution >= 4 is 29.3 Å². The number of thioether (sulfide) groups is 1. The van der Waals surface area contributed by atoms with Gasteiger partial charge >= 0.3 is 5.97 Å². The molecule has 1 amide bonds. The van der Waals surface area contributed by atoms with E-state index in [9.17, 15) is 9.59 Å². The van der Waals surface area contributed by atoms with Crippen molar-refractivity contribution in [1.82, 2.24) is 0 Å². The Kier molecular flexibility index (Phi) is 3.23. The molecule has 2 N–H and O–H groups in total. The molecule has 0 saturated heterocycles. The SMILES string of the molecule is CC(Sc1ccc2c(c1)NC(=O)CO2)C(=O)O. The summed E-state index contributed by atoms with van der Waals surface area (Å²) in [4.78, 5) is 22.6. The van der Waals surface area contributed by atoms with E-state index in [0.29, 0.717) is 11.4 Å². The number of nitrogens with one attached hydrogen (secondary N) is 1. The van der Waals surface area contributed by atoms with E-state index in [1.54, 1.807) is 25.1 Å². The van der Waals surface area contributed by atoms with E-state index in [4.69, 9.17) is 9.84 Å². The minimum absolute atomic E-state index is 0.0189. The molecule has 17 heavy (non-hydrogen) atoms. The third kappa shape index (κ3) is 2.71.